The molecular formula is C17H24N2O2. The first kappa shape index (κ1) is 15.6. The van der Waals surface area contributed by atoms with Gasteiger partial charge in [-0.25, -0.2) is 0 Å². The van der Waals surface area contributed by atoms with E-state index < -0.39 is 0 Å². The van der Waals surface area contributed by atoms with Crippen LogP contribution in [0.25, 0.3) is 0 Å². The molecular weight excluding hydrogens is 264 g/mol. The van der Waals surface area contributed by atoms with E-state index in [0.29, 0.717) is 13.2 Å². The number of hydrogen-bond donors (Lipinski definition) is 1. The van der Waals surface area contributed by atoms with E-state index in [0.717, 1.165) is 36.6 Å². The third-order valence-electron chi connectivity index (χ3n) is 3.54. The van der Waals surface area contributed by atoms with Crippen molar-refractivity contribution in [3.8, 4) is 5.75 Å². The average Bonchev–Trinajstić information content (AvgIpc) is 2.89. The van der Waals surface area contributed by atoms with Crippen LogP contribution in [0.2, 0.25) is 0 Å². The van der Waals surface area contributed by atoms with Gasteiger partial charge in [-0.15, -0.1) is 0 Å². The van der Waals surface area contributed by atoms with Gasteiger partial charge in [0, 0.05) is 30.8 Å². The summed E-state index contributed by atoms with van der Waals surface area (Å²) in [5, 5.41) is 0. The Hall–Kier alpha value is -1.78. The zero-order valence-electron chi connectivity index (χ0n) is 12.8. The lowest BCUT2D eigenvalue weighted by molar-refractivity contribution is 0.256. The van der Waals surface area contributed by atoms with Gasteiger partial charge < -0.3 is 19.8 Å². The molecule has 0 bridgehead atoms. The fourth-order valence-corrected chi connectivity index (χ4v) is 2.28. The van der Waals surface area contributed by atoms with Crippen molar-refractivity contribution in [1.29, 1.82) is 0 Å². The molecule has 2 N–H and O–H groups in total. The minimum atomic E-state index is 0.510. The zero-order chi connectivity index (χ0) is 15.1. The fourth-order valence-electron chi connectivity index (χ4n) is 2.28. The molecule has 1 aromatic carbocycles. The van der Waals surface area contributed by atoms with E-state index >= 15 is 0 Å². The van der Waals surface area contributed by atoms with Gasteiger partial charge in [-0.05, 0) is 32.5 Å². The largest absolute Gasteiger partial charge is 0.493 e. The summed E-state index contributed by atoms with van der Waals surface area (Å²) in [4.78, 5) is 2.27. The Morgan fingerprint density at radius 2 is 2.00 bits per heavy atom. The van der Waals surface area contributed by atoms with Crippen molar-refractivity contribution in [3.05, 3.63) is 53.5 Å². The Balaban J connectivity index is 1.71. The summed E-state index contributed by atoms with van der Waals surface area (Å²) in [5.74, 6) is 1.89. The van der Waals surface area contributed by atoms with Crippen molar-refractivity contribution >= 4 is 0 Å². The van der Waals surface area contributed by atoms with Gasteiger partial charge in [0.05, 0.1) is 12.9 Å². The molecule has 21 heavy (non-hydrogen) atoms. The molecule has 0 amide bonds. The second kappa shape index (κ2) is 7.86. The first-order valence-electron chi connectivity index (χ1n) is 7.33. The molecule has 0 saturated heterocycles. The first-order chi connectivity index (χ1) is 10.2. The molecule has 0 radical (unpaired) electrons. The highest BCUT2D eigenvalue weighted by atomic mass is 16.5. The highest BCUT2D eigenvalue weighted by Gasteiger charge is 2.06. The molecule has 2 rings (SSSR count). The van der Waals surface area contributed by atoms with Gasteiger partial charge in [-0.2, -0.15) is 0 Å². The standard InChI is InChI=1S/C17H24N2O2/c1-14-16(8-11-20-14)13-19(2)9-5-10-21-17-7-4-3-6-15(17)12-18/h3-4,6-8,11H,5,9-10,12-13,18H2,1-2H3. The second-order valence-electron chi connectivity index (χ2n) is 5.25. The number of hydrogen-bond acceptors (Lipinski definition) is 4. The highest BCUT2D eigenvalue weighted by molar-refractivity contribution is 5.32. The fraction of sp³-hybridized carbons (Fsp3) is 0.412. The molecule has 2 aromatic rings. The molecule has 0 aliphatic carbocycles. The lowest BCUT2D eigenvalue weighted by Gasteiger charge is -2.16. The van der Waals surface area contributed by atoms with Gasteiger partial charge in [0.1, 0.15) is 11.5 Å². The Labute approximate surface area is 126 Å². The van der Waals surface area contributed by atoms with E-state index in [-0.39, 0.29) is 0 Å². The molecule has 0 saturated carbocycles. The lowest BCUT2D eigenvalue weighted by atomic mass is 10.2. The summed E-state index contributed by atoms with van der Waals surface area (Å²) in [6.45, 7) is 5.09. The predicted molar refractivity (Wildman–Crippen MR) is 84.2 cm³/mol. The van der Waals surface area contributed by atoms with Crippen molar-refractivity contribution in [2.24, 2.45) is 5.73 Å². The van der Waals surface area contributed by atoms with Crippen LogP contribution in [0.3, 0.4) is 0 Å². The maximum atomic E-state index is 5.81. The number of para-hydroxylation sites is 1. The minimum Gasteiger partial charge on any atom is -0.493 e. The SMILES string of the molecule is Cc1occc1CN(C)CCCOc1ccccc1CN. The van der Waals surface area contributed by atoms with Crippen LogP contribution in [0.15, 0.2) is 41.0 Å². The number of furan rings is 1. The summed E-state index contributed by atoms with van der Waals surface area (Å²) in [6.07, 6.45) is 2.72. The van der Waals surface area contributed by atoms with E-state index in [1.54, 1.807) is 6.26 Å². The normalized spacial score (nSPS) is 11.0. The third kappa shape index (κ3) is 4.62. The number of nitrogens with two attached hydrogens (primary N) is 1. The quantitative estimate of drug-likeness (QED) is 0.759. The van der Waals surface area contributed by atoms with Crippen LogP contribution in [-0.2, 0) is 13.1 Å². The van der Waals surface area contributed by atoms with Crippen LogP contribution >= 0.6 is 0 Å². The van der Waals surface area contributed by atoms with Gasteiger partial charge >= 0.3 is 0 Å². The van der Waals surface area contributed by atoms with E-state index in [2.05, 4.69) is 11.9 Å². The van der Waals surface area contributed by atoms with Crippen molar-refractivity contribution in [3.63, 3.8) is 0 Å². The van der Waals surface area contributed by atoms with E-state index in [9.17, 15) is 0 Å². The van der Waals surface area contributed by atoms with Crippen LogP contribution in [-0.4, -0.2) is 25.1 Å². The number of rotatable bonds is 8. The molecule has 0 fully saturated rings. The van der Waals surface area contributed by atoms with Gasteiger partial charge in [0.2, 0.25) is 0 Å². The molecule has 0 spiro atoms. The van der Waals surface area contributed by atoms with Crippen molar-refractivity contribution in [2.75, 3.05) is 20.2 Å². The van der Waals surface area contributed by atoms with Gasteiger partial charge in [-0.1, -0.05) is 18.2 Å². The van der Waals surface area contributed by atoms with Crippen LogP contribution in [0, 0.1) is 6.92 Å². The maximum Gasteiger partial charge on any atom is 0.123 e. The molecule has 0 atom stereocenters. The van der Waals surface area contributed by atoms with Gasteiger partial charge in [0.15, 0.2) is 0 Å². The molecule has 4 nitrogen and oxygen atoms in total. The monoisotopic (exact) mass is 288 g/mol. The Bertz CT molecular complexity index is 551. The van der Waals surface area contributed by atoms with Crippen molar-refractivity contribution in [1.82, 2.24) is 4.90 Å². The topological polar surface area (TPSA) is 51.6 Å². The maximum absolute atomic E-state index is 5.81. The van der Waals surface area contributed by atoms with Crippen molar-refractivity contribution < 1.29 is 9.15 Å². The summed E-state index contributed by atoms with van der Waals surface area (Å²) in [7, 11) is 2.11. The van der Waals surface area contributed by atoms with Crippen LogP contribution in [0.4, 0.5) is 0 Å². The molecule has 0 aliphatic heterocycles. The van der Waals surface area contributed by atoms with E-state index in [4.69, 9.17) is 14.9 Å². The van der Waals surface area contributed by atoms with Crippen molar-refractivity contribution in [2.45, 2.75) is 26.4 Å². The number of ether oxygens (including phenoxy) is 1. The number of nitrogens with zero attached hydrogens (tertiary/aromatic N) is 1. The Morgan fingerprint density at radius 3 is 2.71 bits per heavy atom. The lowest BCUT2D eigenvalue weighted by Crippen LogP contribution is -2.21. The highest BCUT2D eigenvalue weighted by Crippen LogP contribution is 2.17. The third-order valence-corrected chi connectivity index (χ3v) is 3.54. The first-order valence-corrected chi connectivity index (χ1v) is 7.33. The summed E-state index contributed by atoms with van der Waals surface area (Å²) < 4.78 is 11.1. The Kier molecular flexibility index (Phi) is 5.84. The van der Waals surface area contributed by atoms with E-state index in [1.165, 1.54) is 5.56 Å². The molecule has 1 heterocycles. The minimum absolute atomic E-state index is 0.510. The summed E-state index contributed by atoms with van der Waals surface area (Å²) in [6, 6.07) is 9.96. The van der Waals surface area contributed by atoms with Gasteiger partial charge in [-0.3, -0.25) is 0 Å². The predicted octanol–water partition coefficient (Wildman–Crippen LogP) is 2.95. The van der Waals surface area contributed by atoms with Crippen LogP contribution < -0.4 is 10.5 Å². The summed E-state index contributed by atoms with van der Waals surface area (Å²) in [5.41, 5.74) is 7.99. The van der Waals surface area contributed by atoms with Crippen LogP contribution in [0.5, 0.6) is 5.75 Å². The Morgan fingerprint density at radius 1 is 1.19 bits per heavy atom. The molecule has 1 aromatic heterocycles. The zero-order valence-corrected chi connectivity index (χ0v) is 12.8. The van der Waals surface area contributed by atoms with Gasteiger partial charge in [0.25, 0.3) is 0 Å². The smallest absolute Gasteiger partial charge is 0.123 e. The molecule has 114 valence electrons. The van der Waals surface area contributed by atoms with E-state index in [1.807, 2.05) is 37.3 Å². The molecule has 0 aliphatic rings. The number of benzene rings is 1. The summed E-state index contributed by atoms with van der Waals surface area (Å²) >= 11 is 0. The second-order valence-corrected chi connectivity index (χ2v) is 5.25. The average molecular weight is 288 g/mol. The van der Waals surface area contributed by atoms with Crippen LogP contribution in [0.1, 0.15) is 23.3 Å². The number of aryl methyl sites for hydroxylation is 1. The molecule has 4 heteroatoms. The molecule has 0 unspecified atom stereocenters.